The van der Waals surface area contributed by atoms with Gasteiger partial charge in [0, 0.05) is 31.3 Å². The van der Waals surface area contributed by atoms with Gasteiger partial charge in [-0.25, -0.2) is 14.6 Å². The molecule has 2 N–H and O–H groups in total. The lowest BCUT2D eigenvalue weighted by Gasteiger charge is -2.25. The van der Waals surface area contributed by atoms with Gasteiger partial charge >= 0.3 is 6.18 Å². The van der Waals surface area contributed by atoms with Crippen LogP contribution >= 0.6 is 35.3 Å². The molecule has 1 atom stereocenters. The highest BCUT2D eigenvalue weighted by atomic mass is 127. The predicted octanol–water partition coefficient (Wildman–Crippen LogP) is 2.61. The normalized spacial score (nSPS) is 17.2. The summed E-state index contributed by atoms with van der Waals surface area (Å²) in [5, 5.41) is 12.1. The van der Waals surface area contributed by atoms with Crippen LogP contribution in [0.2, 0.25) is 0 Å². The molecule has 3 rings (SSSR count). The maximum Gasteiger partial charge on any atom is 0.434 e. The Morgan fingerprint density at radius 3 is 2.81 bits per heavy atom. The van der Waals surface area contributed by atoms with Gasteiger partial charge in [0.15, 0.2) is 17.5 Å². The van der Waals surface area contributed by atoms with Crippen LogP contribution in [-0.4, -0.2) is 38.8 Å². The lowest BCUT2D eigenvalue weighted by molar-refractivity contribution is -0.140. The molecule has 1 unspecified atom stereocenters. The first-order valence-corrected chi connectivity index (χ1v) is 9.18. The summed E-state index contributed by atoms with van der Waals surface area (Å²) < 4.78 is 39.7. The fourth-order valence-electron chi connectivity index (χ4n) is 2.70. The summed E-state index contributed by atoms with van der Waals surface area (Å²) in [6, 6.07) is 0.127. The second kappa shape index (κ2) is 9.17. The number of halogens is 4. The number of alkyl halides is 3. The zero-order valence-corrected chi connectivity index (χ0v) is 18.0. The van der Waals surface area contributed by atoms with Gasteiger partial charge < -0.3 is 10.6 Å². The summed E-state index contributed by atoms with van der Waals surface area (Å²) in [4.78, 5) is 12.2. The van der Waals surface area contributed by atoms with Crippen LogP contribution < -0.4 is 10.6 Å². The van der Waals surface area contributed by atoms with Crippen LogP contribution in [0.4, 0.5) is 13.2 Å². The Morgan fingerprint density at radius 2 is 2.19 bits per heavy atom. The molecule has 0 saturated heterocycles. The standard InChI is InChI=1S/C15H20F3N7S.HI/c1-3-11-23-12-5-4-9(7-25(12)24-11)21-14(19-2)20-6-13-22-10(8-26-13)15(16,17)18;/h8-9H,3-7H2,1-2H3,(H2,19,20,21);1H. The molecule has 0 radical (unpaired) electrons. The van der Waals surface area contributed by atoms with Crippen molar-refractivity contribution in [3.63, 3.8) is 0 Å². The Labute approximate surface area is 175 Å². The molecule has 3 heterocycles. The van der Waals surface area contributed by atoms with E-state index in [1.54, 1.807) is 7.05 Å². The van der Waals surface area contributed by atoms with E-state index in [0.717, 1.165) is 47.6 Å². The number of thiazole rings is 1. The second-order valence-corrected chi connectivity index (χ2v) is 6.85. The number of aromatic nitrogens is 4. The van der Waals surface area contributed by atoms with Crippen LogP contribution in [0.5, 0.6) is 0 Å². The highest BCUT2D eigenvalue weighted by molar-refractivity contribution is 14.0. The van der Waals surface area contributed by atoms with E-state index in [0.29, 0.717) is 17.5 Å². The maximum absolute atomic E-state index is 12.6. The van der Waals surface area contributed by atoms with Crippen LogP contribution in [0.25, 0.3) is 0 Å². The van der Waals surface area contributed by atoms with E-state index >= 15 is 0 Å². The lowest BCUT2D eigenvalue weighted by atomic mass is 10.1. The molecule has 7 nitrogen and oxygen atoms in total. The number of hydrogen-bond acceptors (Lipinski definition) is 5. The SMILES string of the molecule is CCc1nc2n(n1)CC(NC(=NC)NCc1nc(C(F)(F)F)cs1)CC2.I. The monoisotopic (exact) mass is 515 g/mol. The molecule has 0 amide bonds. The molecular formula is C15H21F3IN7S. The van der Waals surface area contributed by atoms with Gasteiger partial charge in [0.05, 0.1) is 13.1 Å². The van der Waals surface area contributed by atoms with Crippen LogP contribution in [-0.2, 0) is 32.1 Å². The van der Waals surface area contributed by atoms with E-state index in [2.05, 4.69) is 30.7 Å². The van der Waals surface area contributed by atoms with Gasteiger partial charge in [-0.3, -0.25) is 4.99 Å². The molecule has 0 aromatic carbocycles. The van der Waals surface area contributed by atoms with Crippen LogP contribution in [0.1, 0.15) is 35.7 Å². The summed E-state index contributed by atoms with van der Waals surface area (Å²) in [5.74, 6) is 2.36. The number of aryl methyl sites for hydroxylation is 2. The average Bonchev–Trinajstić information content (AvgIpc) is 3.24. The Bertz CT molecular complexity index is 787. The molecule has 0 bridgehead atoms. The first-order valence-electron chi connectivity index (χ1n) is 8.30. The van der Waals surface area contributed by atoms with E-state index in [4.69, 9.17) is 0 Å². The minimum atomic E-state index is -4.41. The Kier molecular flexibility index (Phi) is 7.42. The number of guanidine groups is 1. The molecule has 0 saturated carbocycles. The first-order chi connectivity index (χ1) is 12.4. The number of nitrogens with one attached hydrogen (secondary N) is 2. The molecule has 0 fully saturated rings. The van der Waals surface area contributed by atoms with Crippen molar-refractivity contribution in [2.75, 3.05) is 7.05 Å². The molecule has 2 aromatic heterocycles. The fraction of sp³-hybridized carbons (Fsp3) is 0.600. The molecule has 0 aliphatic carbocycles. The molecule has 2 aromatic rings. The van der Waals surface area contributed by atoms with E-state index in [9.17, 15) is 13.2 Å². The Balaban J connectivity index is 0.00000261. The van der Waals surface area contributed by atoms with Crippen molar-refractivity contribution < 1.29 is 13.2 Å². The average molecular weight is 515 g/mol. The van der Waals surface area contributed by atoms with Crippen LogP contribution in [0, 0.1) is 0 Å². The molecule has 12 heteroatoms. The quantitative estimate of drug-likeness (QED) is 0.372. The smallest absolute Gasteiger partial charge is 0.352 e. The van der Waals surface area contributed by atoms with Gasteiger partial charge in [-0.05, 0) is 6.42 Å². The summed E-state index contributed by atoms with van der Waals surface area (Å²) >= 11 is 0.972. The van der Waals surface area contributed by atoms with Crippen LogP contribution in [0.15, 0.2) is 10.4 Å². The zero-order chi connectivity index (χ0) is 18.7. The maximum atomic E-state index is 12.6. The van der Waals surface area contributed by atoms with Gasteiger partial charge in [-0.1, -0.05) is 6.92 Å². The van der Waals surface area contributed by atoms with Crippen molar-refractivity contribution in [1.29, 1.82) is 0 Å². The van der Waals surface area contributed by atoms with Crippen molar-refractivity contribution >= 4 is 41.3 Å². The summed E-state index contributed by atoms with van der Waals surface area (Å²) in [6.45, 7) is 2.88. The zero-order valence-electron chi connectivity index (χ0n) is 14.9. The molecule has 27 heavy (non-hydrogen) atoms. The molecule has 150 valence electrons. The number of fused-ring (bicyclic) bond motifs is 1. The minimum absolute atomic E-state index is 0. The van der Waals surface area contributed by atoms with E-state index in [-0.39, 0.29) is 36.6 Å². The molecule has 0 spiro atoms. The van der Waals surface area contributed by atoms with Crippen molar-refractivity contribution in [1.82, 2.24) is 30.4 Å². The van der Waals surface area contributed by atoms with Gasteiger partial charge in [0.25, 0.3) is 0 Å². The van der Waals surface area contributed by atoms with E-state index < -0.39 is 11.9 Å². The van der Waals surface area contributed by atoms with Gasteiger partial charge in [-0.2, -0.15) is 18.3 Å². The number of aliphatic imine (C=N–C) groups is 1. The van der Waals surface area contributed by atoms with Gasteiger partial charge in [0.2, 0.25) is 0 Å². The number of rotatable bonds is 4. The van der Waals surface area contributed by atoms with Crippen molar-refractivity contribution in [3.8, 4) is 0 Å². The molecular weight excluding hydrogens is 494 g/mol. The first kappa shape index (κ1) is 21.9. The largest absolute Gasteiger partial charge is 0.434 e. The van der Waals surface area contributed by atoms with E-state index in [1.165, 1.54) is 0 Å². The molecule has 1 aliphatic heterocycles. The Hall–Kier alpha value is -1.44. The third kappa shape index (κ3) is 5.53. The van der Waals surface area contributed by atoms with Gasteiger partial charge in [-0.15, -0.1) is 35.3 Å². The molecule has 1 aliphatic rings. The predicted molar refractivity (Wildman–Crippen MR) is 107 cm³/mol. The third-order valence-corrected chi connectivity index (χ3v) is 4.88. The minimum Gasteiger partial charge on any atom is -0.352 e. The lowest BCUT2D eigenvalue weighted by Crippen LogP contribution is -2.46. The topological polar surface area (TPSA) is 80.0 Å². The van der Waals surface area contributed by atoms with Crippen molar-refractivity contribution in [2.45, 2.75) is 51.5 Å². The third-order valence-electron chi connectivity index (χ3n) is 4.03. The van der Waals surface area contributed by atoms with Crippen LogP contribution in [0.3, 0.4) is 0 Å². The second-order valence-electron chi connectivity index (χ2n) is 5.91. The summed E-state index contributed by atoms with van der Waals surface area (Å²) in [7, 11) is 1.62. The van der Waals surface area contributed by atoms with Crippen molar-refractivity contribution in [3.05, 3.63) is 27.7 Å². The Morgan fingerprint density at radius 1 is 1.41 bits per heavy atom. The highest BCUT2D eigenvalue weighted by Crippen LogP contribution is 2.29. The number of nitrogens with zero attached hydrogens (tertiary/aromatic N) is 5. The fourth-order valence-corrected chi connectivity index (χ4v) is 3.44. The van der Waals surface area contributed by atoms with Gasteiger partial charge in [0.1, 0.15) is 10.8 Å². The summed E-state index contributed by atoms with van der Waals surface area (Å²) in [5.41, 5.74) is -0.861. The van der Waals surface area contributed by atoms with E-state index in [1.807, 2.05) is 11.6 Å². The van der Waals surface area contributed by atoms with Crippen molar-refractivity contribution in [2.24, 2.45) is 4.99 Å². The summed E-state index contributed by atoms with van der Waals surface area (Å²) in [6.07, 6.45) is -1.90. The highest BCUT2D eigenvalue weighted by Gasteiger charge is 2.33. The number of hydrogen-bond donors (Lipinski definition) is 2.